The standard InChI is InChI=1S/C24H29N5O5S/c1-17-6-5-12-28(16-17)35(32,33)20-9-10-21(22(15-20)29(30)31)26-23(24-25-11-13-27(24)2)18-7-4-8-19(14-18)34-3/h4,7-11,13-15,17,23,26H,5-6,12,16H2,1-3H3. The molecular formula is C24H29N5O5S. The van der Waals surface area contributed by atoms with Crippen LogP contribution in [0.25, 0.3) is 0 Å². The number of aromatic nitrogens is 2. The van der Waals surface area contributed by atoms with Crippen molar-refractivity contribution in [3.05, 3.63) is 76.4 Å². The lowest BCUT2D eigenvalue weighted by Gasteiger charge is -2.30. The lowest BCUT2D eigenvalue weighted by atomic mass is 10.0. The lowest BCUT2D eigenvalue weighted by molar-refractivity contribution is -0.384. The Kier molecular flexibility index (Phi) is 7.08. The van der Waals surface area contributed by atoms with Crippen molar-refractivity contribution in [1.29, 1.82) is 0 Å². The summed E-state index contributed by atoms with van der Waals surface area (Å²) >= 11 is 0. The van der Waals surface area contributed by atoms with E-state index >= 15 is 0 Å². The van der Waals surface area contributed by atoms with E-state index < -0.39 is 21.0 Å². The first-order chi connectivity index (χ1) is 16.7. The molecule has 1 aromatic heterocycles. The third-order valence-corrected chi connectivity index (χ3v) is 8.13. The van der Waals surface area contributed by atoms with Gasteiger partial charge in [-0.15, -0.1) is 0 Å². The number of imidazole rings is 1. The zero-order valence-corrected chi connectivity index (χ0v) is 20.7. The second-order valence-electron chi connectivity index (χ2n) is 8.80. The molecule has 2 heterocycles. The minimum absolute atomic E-state index is 0.0845. The van der Waals surface area contributed by atoms with Crippen LogP contribution in [0.4, 0.5) is 11.4 Å². The highest BCUT2D eigenvalue weighted by atomic mass is 32.2. The second-order valence-corrected chi connectivity index (χ2v) is 10.7. The highest BCUT2D eigenvalue weighted by Crippen LogP contribution is 2.35. The van der Waals surface area contributed by atoms with E-state index in [-0.39, 0.29) is 22.2 Å². The monoisotopic (exact) mass is 499 g/mol. The lowest BCUT2D eigenvalue weighted by Crippen LogP contribution is -2.39. The van der Waals surface area contributed by atoms with Crippen molar-refractivity contribution in [3.63, 3.8) is 0 Å². The first kappa shape index (κ1) is 24.7. The average Bonchev–Trinajstić information content (AvgIpc) is 3.27. The molecule has 2 atom stereocenters. The van der Waals surface area contributed by atoms with E-state index in [0.717, 1.165) is 24.5 Å². The maximum Gasteiger partial charge on any atom is 0.293 e. The number of rotatable bonds is 8. The maximum absolute atomic E-state index is 13.2. The van der Waals surface area contributed by atoms with Crippen molar-refractivity contribution >= 4 is 21.4 Å². The van der Waals surface area contributed by atoms with E-state index in [1.54, 1.807) is 19.5 Å². The van der Waals surface area contributed by atoms with Gasteiger partial charge in [-0.3, -0.25) is 10.1 Å². The predicted octanol–water partition coefficient (Wildman–Crippen LogP) is 3.96. The Labute approximate surface area is 204 Å². The number of piperidine rings is 1. The van der Waals surface area contributed by atoms with Gasteiger partial charge in [-0.1, -0.05) is 19.1 Å². The van der Waals surface area contributed by atoms with Crippen molar-refractivity contribution in [2.75, 3.05) is 25.5 Å². The molecule has 1 aliphatic rings. The number of ether oxygens (including phenoxy) is 1. The van der Waals surface area contributed by atoms with Crippen LogP contribution in [0, 0.1) is 16.0 Å². The molecular weight excluding hydrogens is 470 g/mol. The fraction of sp³-hybridized carbons (Fsp3) is 0.375. The summed E-state index contributed by atoms with van der Waals surface area (Å²) in [7, 11) is -0.440. The van der Waals surface area contributed by atoms with Gasteiger partial charge in [0.15, 0.2) is 0 Å². The third kappa shape index (κ3) is 5.15. The van der Waals surface area contributed by atoms with E-state index in [1.165, 1.54) is 16.4 Å². The molecule has 3 aromatic rings. The summed E-state index contributed by atoms with van der Waals surface area (Å²) < 4.78 is 35.0. The van der Waals surface area contributed by atoms with E-state index in [2.05, 4.69) is 10.3 Å². The van der Waals surface area contributed by atoms with Crippen LogP contribution in [0.5, 0.6) is 5.75 Å². The minimum Gasteiger partial charge on any atom is -0.497 e. The van der Waals surface area contributed by atoms with Crippen molar-refractivity contribution in [1.82, 2.24) is 13.9 Å². The summed E-state index contributed by atoms with van der Waals surface area (Å²) in [6.07, 6.45) is 5.17. The van der Waals surface area contributed by atoms with Gasteiger partial charge < -0.3 is 14.6 Å². The molecule has 0 spiro atoms. The molecule has 1 N–H and O–H groups in total. The second kappa shape index (κ2) is 10.0. The molecule has 0 aliphatic carbocycles. The van der Waals surface area contributed by atoms with E-state index in [4.69, 9.17) is 4.74 Å². The number of hydrogen-bond donors (Lipinski definition) is 1. The molecule has 0 radical (unpaired) electrons. The fourth-order valence-corrected chi connectivity index (χ4v) is 6.01. The van der Waals surface area contributed by atoms with Crippen LogP contribution in [0.15, 0.2) is 59.8 Å². The molecule has 0 bridgehead atoms. The summed E-state index contributed by atoms with van der Waals surface area (Å²) in [6.45, 7) is 2.83. The first-order valence-electron chi connectivity index (χ1n) is 11.4. The van der Waals surface area contributed by atoms with E-state index in [0.29, 0.717) is 24.7 Å². The zero-order valence-electron chi connectivity index (χ0n) is 19.9. The van der Waals surface area contributed by atoms with Gasteiger partial charge in [-0.05, 0) is 48.6 Å². The van der Waals surface area contributed by atoms with Crippen LogP contribution < -0.4 is 10.1 Å². The molecule has 11 heteroatoms. The van der Waals surface area contributed by atoms with Crippen LogP contribution in [-0.4, -0.2) is 47.4 Å². The fourth-order valence-electron chi connectivity index (χ4n) is 4.39. The molecule has 2 unspecified atom stereocenters. The van der Waals surface area contributed by atoms with Gasteiger partial charge in [-0.25, -0.2) is 13.4 Å². The number of aryl methyl sites for hydroxylation is 1. The summed E-state index contributed by atoms with van der Waals surface area (Å²) in [4.78, 5) is 15.8. The number of anilines is 1. The van der Waals surface area contributed by atoms with E-state index in [1.807, 2.05) is 42.8 Å². The van der Waals surface area contributed by atoms with Crippen molar-refractivity contribution in [3.8, 4) is 5.75 Å². The highest BCUT2D eigenvalue weighted by Gasteiger charge is 2.31. The topological polar surface area (TPSA) is 120 Å². The van der Waals surface area contributed by atoms with Gasteiger partial charge in [0.1, 0.15) is 23.3 Å². The predicted molar refractivity (Wildman–Crippen MR) is 132 cm³/mol. The Morgan fingerprint density at radius 1 is 1.26 bits per heavy atom. The van der Waals surface area contributed by atoms with Gasteiger partial charge in [-0.2, -0.15) is 4.31 Å². The molecule has 0 amide bonds. The molecule has 4 rings (SSSR count). The summed E-state index contributed by atoms with van der Waals surface area (Å²) in [5.74, 6) is 1.51. The van der Waals surface area contributed by atoms with Gasteiger partial charge in [0.05, 0.1) is 16.9 Å². The Hall–Kier alpha value is -3.44. The molecule has 35 heavy (non-hydrogen) atoms. The quantitative estimate of drug-likeness (QED) is 0.368. The van der Waals surface area contributed by atoms with Gasteiger partial charge in [0, 0.05) is 38.6 Å². The van der Waals surface area contributed by atoms with Crippen LogP contribution in [0.3, 0.4) is 0 Å². The smallest absolute Gasteiger partial charge is 0.293 e. The largest absolute Gasteiger partial charge is 0.497 e. The van der Waals surface area contributed by atoms with Crippen molar-refractivity contribution < 1.29 is 18.1 Å². The molecule has 1 aliphatic heterocycles. The van der Waals surface area contributed by atoms with Crippen LogP contribution in [0.2, 0.25) is 0 Å². The average molecular weight is 500 g/mol. The van der Waals surface area contributed by atoms with Crippen molar-refractivity contribution in [2.45, 2.75) is 30.7 Å². The zero-order chi connectivity index (χ0) is 25.2. The van der Waals surface area contributed by atoms with Crippen molar-refractivity contribution in [2.24, 2.45) is 13.0 Å². The minimum atomic E-state index is -3.84. The van der Waals surface area contributed by atoms with Crippen LogP contribution in [-0.2, 0) is 17.1 Å². The maximum atomic E-state index is 13.2. The first-order valence-corrected chi connectivity index (χ1v) is 12.8. The van der Waals surface area contributed by atoms with E-state index in [9.17, 15) is 18.5 Å². The number of benzene rings is 2. The Balaban J connectivity index is 1.73. The van der Waals surface area contributed by atoms with Crippen LogP contribution in [0.1, 0.15) is 37.2 Å². The Bertz CT molecular complexity index is 1320. The van der Waals surface area contributed by atoms with Gasteiger partial charge >= 0.3 is 0 Å². The van der Waals surface area contributed by atoms with Gasteiger partial charge in [0.2, 0.25) is 10.0 Å². The molecule has 2 aromatic carbocycles. The highest BCUT2D eigenvalue weighted by molar-refractivity contribution is 7.89. The molecule has 1 saturated heterocycles. The molecule has 1 fully saturated rings. The normalized spacial score (nSPS) is 17.6. The Morgan fingerprint density at radius 3 is 2.71 bits per heavy atom. The number of nitrogens with one attached hydrogen (secondary N) is 1. The number of nitro groups is 1. The van der Waals surface area contributed by atoms with Gasteiger partial charge in [0.25, 0.3) is 5.69 Å². The third-order valence-electron chi connectivity index (χ3n) is 6.27. The number of nitro benzene ring substituents is 1. The molecule has 186 valence electrons. The number of hydrogen-bond acceptors (Lipinski definition) is 7. The molecule has 0 saturated carbocycles. The SMILES string of the molecule is COc1cccc(C(Nc2ccc(S(=O)(=O)N3CCCC(C)C3)cc2[N+](=O)[O-])c2nccn2C)c1. The summed E-state index contributed by atoms with van der Waals surface area (Å²) in [6, 6.07) is 10.8. The molecule has 10 nitrogen and oxygen atoms in total. The number of nitrogens with zero attached hydrogens (tertiary/aromatic N) is 4. The van der Waals surface area contributed by atoms with Crippen LogP contribution >= 0.6 is 0 Å². The number of sulfonamides is 1. The summed E-state index contributed by atoms with van der Waals surface area (Å²) in [5.41, 5.74) is 0.655. The number of methoxy groups -OCH3 is 1. The Morgan fingerprint density at radius 2 is 2.06 bits per heavy atom. The summed E-state index contributed by atoms with van der Waals surface area (Å²) in [5, 5.41) is 15.2.